The van der Waals surface area contributed by atoms with Crippen LogP contribution in [0.25, 0.3) is 0 Å². The molecule has 0 saturated carbocycles. The summed E-state index contributed by atoms with van der Waals surface area (Å²) in [6, 6.07) is 6.63. The predicted octanol–water partition coefficient (Wildman–Crippen LogP) is 5.74. The van der Waals surface area contributed by atoms with Crippen LogP contribution in [-0.2, 0) is 15.8 Å². The van der Waals surface area contributed by atoms with E-state index in [9.17, 15) is 36.3 Å². The molecule has 1 saturated heterocycles. The zero-order valence-electron chi connectivity index (χ0n) is 21.4. The molecule has 0 spiro atoms. The number of likely N-dealkylation sites (tertiary alicyclic amines) is 1. The Morgan fingerprint density at radius 1 is 1.05 bits per heavy atom. The van der Waals surface area contributed by atoms with Gasteiger partial charge < -0.3 is 15.0 Å². The minimum absolute atomic E-state index is 0.162. The van der Waals surface area contributed by atoms with Crippen LogP contribution in [-0.4, -0.2) is 42.1 Å². The van der Waals surface area contributed by atoms with Gasteiger partial charge in [-0.15, -0.1) is 0 Å². The smallest absolute Gasteiger partial charge is 0.341 e. The van der Waals surface area contributed by atoms with Crippen molar-refractivity contribution in [1.82, 2.24) is 10.2 Å². The summed E-state index contributed by atoms with van der Waals surface area (Å²) < 4.78 is 67.3. The normalized spacial score (nSPS) is 17.1. The van der Waals surface area contributed by atoms with Crippen molar-refractivity contribution < 1.29 is 36.3 Å². The van der Waals surface area contributed by atoms with Gasteiger partial charge in [0.15, 0.2) is 0 Å². The van der Waals surface area contributed by atoms with Crippen LogP contribution < -0.4 is 5.32 Å². The molecule has 206 valence electrons. The molecule has 1 heterocycles. The summed E-state index contributed by atoms with van der Waals surface area (Å²) in [4.78, 5) is 39.2. The van der Waals surface area contributed by atoms with Crippen LogP contribution in [0.2, 0.25) is 0 Å². The number of halogens is 5. The van der Waals surface area contributed by atoms with E-state index < -0.39 is 52.3 Å². The number of piperidine rings is 1. The van der Waals surface area contributed by atoms with Crippen molar-refractivity contribution in [1.29, 1.82) is 0 Å². The summed E-state index contributed by atoms with van der Waals surface area (Å²) in [6.45, 7) is 5.79. The summed E-state index contributed by atoms with van der Waals surface area (Å²) in [5.74, 6) is -3.67. The quantitative estimate of drug-likeness (QED) is 0.344. The molecule has 0 aliphatic carbocycles. The molecule has 2 aromatic carbocycles. The minimum atomic E-state index is -4.76. The van der Waals surface area contributed by atoms with E-state index in [1.165, 1.54) is 17.0 Å². The predicted molar refractivity (Wildman–Crippen MR) is 131 cm³/mol. The van der Waals surface area contributed by atoms with Crippen LogP contribution in [0.4, 0.5) is 22.0 Å². The molecule has 10 heteroatoms. The molecule has 1 fully saturated rings. The summed E-state index contributed by atoms with van der Waals surface area (Å²) in [5, 5.41) is 2.41. The highest BCUT2D eigenvalue weighted by atomic mass is 19.4. The van der Waals surface area contributed by atoms with Crippen LogP contribution in [0.5, 0.6) is 0 Å². The maximum absolute atomic E-state index is 14.2. The Balaban J connectivity index is 1.76. The number of alkyl halides is 3. The molecule has 1 N–H and O–H groups in total. The topological polar surface area (TPSA) is 66.5 Å². The fraction of sp³-hybridized carbons (Fsp3) is 0.464. The fourth-order valence-electron chi connectivity index (χ4n) is 5.09. The lowest BCUT2D eigenvalue weighted by Crippen LogP contribution is -2.54. The summed E-state index contributed by atoms with van der Waals surface area (Å²) in [6.07, 6.45) is -2.80. The van der Waals surface area contributed by atoms with Crippen molar-refractivity contribution >= 4 is 18.1 Å². The molecular weight excluding hydrogens is 507 g/mol. The van der Waals surface area contributed by atoms with Gasteiger partial charge in [-0.05, 0) is 66.0 Å². The second-order valence-electron chi connectivity index (χ2n) is 10.2. The molecule has 0 aromatic heterocycles. The van der Waals surface area contributed by atoms with Gasteiger partial charge in [0.1, 0.15) is 24.0 Å². The molecule has 1 aliphatic rings. The molecular formula is C28H31F5N2O3. The second kappa shape index (κ2) is 11.6. The number of hydrogen-bond acceptors (Lipinski definition) is 3. The monoisotopic (exact) mass is 538 g/mol. The van der Waals surface area contributed by atoms with Gasteiger partial charge in [-0.1, -0.05) is 32.9 Å². The molecule has 2 amide bonds. The van der Waals surface area contributed by atoms with Gasteiger partial charge in [0.25, 0.3) is 5.91 Å². The maximum atomic E-state index is 14.2. The Morgan fingerprint density at radius 2 is 1.71 bits per heavy atom. The van der Waals surface area contributed by atoms with Crippen LogP contribution in [0.15, 0.2) is 42.5 Å². The van der Waals surface area contributed by atoms with Gasteiger partial charge >= 0.3 is 6.18 Å². The first-order chi connectivity index (χ1) is 17.8. The summed E-state index contributed by atoms with van der Waals surface area (Å²) >= 11 is 0. The minimum Gasteiger partial charge on any atom is -0.341 e. The van der Waals surface area contributed by atoms with Crippen molar-refractivity contribution in [3.63, 3.8) is 0 Å². The van der Waals surface area contributed by atoms with E-state index in [0.29, 0.717) is 31.0 Å². The number of nitrogens with zero attached hydrogens (tertiary/aromatic N) is 1. The van der Waals surface area contributed by atoms with Crippen molar-refractivity contribution in [2.75, 3.05) is 13.1 Å². The van der Waals surface area contributed by atoms with Crippen LogP contribution in [0, 0.1) is 23.0 Å². The third-order valence-electron chi connectivity index (χ3n) is 7.59. The molecule has 3 rings (SSSR count). The van der Waals surface area contributed by atoms with Gasteiger partial charge in [0, 0.05) is 19.5 Å². The average molecular weight is 539 g/mol. The van der Waals surface area contributed by atoms with Crippen molar-refractivity contribution in [3.8, 4) is 0 Å². The maximum Gasteiger partial charge on any atom is 0.416 e. The number of benzene rings is 2. The van der Waals surface area contributed by atoms with E-state index in [0.717, 1.165) is 11.8 Å². The van der Waals surface area contributed by atoms with Gasteiger partial charge in [0.05, 0.1) is 11.1 Å². The third kappa shape index (κ3) is 6.39. The Bertz CT molecular complexity index is 1170. The average Bonchev–Trinajstić information content (AvgIpc) is 2.86. The number of nitrogens with one attached hydrogen (secondary N) is 1. The highest BCUT2D eigenvalue weighted by molar-refractivity contribution is 5.98. The van der Waals surface area contributed by atoms with E-state index in [-0.39, 0.29) is 31.2 Å². The molecule has 2 aromatic rings. The number of rotatable bonds is 8. The lowest BCUT2D eigenvalue weighted by molar-refractivity contribution is -0.138. The standard InChI is InChI=1S/C28H31F5N2O3/c1-17(2)24(34-25(37)22-16-20(28(31,32)33)7-8-23(22)30)26(38)35-12-9-27(10-13-35,11-14-36)18(3)19-5-4-6-21(29)15-19/h4-8,14-18,24H,9-13H2,1-3H3,(H,34,37)/t18?,24-/m1/s1. The SMILES string of the molecule is CC(C)[C@@H](NC(=O)c1cc(C(F)(F)F)ccc1F)C(=O)N1CCC(CC=O)(C(C)c2cccc(F)c2)CC1. The molecule has 1 aliphatic heterocycles. The van der Waals surface area contributed by atoms with Crippen LogP contribution in [0.1, 0.15) is 67.4 Å². The zero-order valence-corrected chi connectivity index (χ0v) is 21.4. The number of hydrogen-bond donors (Lipinski definition) is 1. The van der Waals surface area contributed by atoms with Crippen molar-refractivity contribution in [3.05, 3.63) is 70.8 Å². The van der Waals surface area contributed by atoms with Gasteiger partial charge in [0.2, 0.25) is 5.91 Å². The van der Waals surface area contributed by atoms with Gasteiger partial charge in [-0.2, -0.15) is 13.2 Å². The first-order valence-electron chi connectivity index (χ1n) is 12.4. The van der Waals surface area contributed by atoms with E-state index >= 15 is 0 Å². The van der Waals surface area contributed by atoms with E-state index in [1.54, 1.807) is 26.0 Å². The molecule has 5 nitrogen and oxygen atoms in total. The number of amides is 2. The number of carbonyl (C=O) groups excluding carboxylic acids is 3. The number of aldehydes is 1. The van der Waals surface area contributed by atoms with E-state index in [1.807, 2.05) is 6.92 Å². The van der Waals surface area contributed by atoms with E-state index in [2.05, 4.69) is 5.32 Å². The van der Waals surface area contributed by atoms with Gasteiger partial charge in [-0.3, -0.25) is 9.59 Å². The Labute approximate surface area is 218 Å². The molecule has 38 heavy (non-hydrogen) atoms. The summed E-state index contributed by atoms with van der Waals surface area (Å²) in [5.41, 5.74) is -1.72. The Kier molecular flexibility index (Phi) is 8.94. The Hall–Kier alpha value is -3.30. The van der Waals surface area contributed by atoms with Crippen molar-refractivity contribution in [2.45, 2.75) is 58.2 Å². The fourth-order valence-corrected chi connectivity index (χ4v) is 5.09. The summed E-state index contributed by atoms with van der Waals surface area (Å²) in [7, 11) is 0. The molecule has 0 radical (unpaired) electrons. The van der Waals surface area contributed by atoms with Crippen LogP contribution >= 0.6 is 0 Å². The van der Waals surface area contributed by atoms with Crippen molar-refractivity contribution in [2.24, 2.45) is 11.3 Å². The molecule has 0 bridgehead atoms. The first kappa shape index (κ1) is 29.3. The first-order valence-corrected chi connectivity index (χ1v) is 12.4. The van der Waals surface area contributed by atoms with Gasteiger partial charge in [-0.25, -0.2) is 8.78 Å². The zero-order chi connectivity index (χ0) is 28.3. The largest absolute Gasteiger partial charge is 0.416 e. The number of carbonyl (C=O) groups is 3. The highest BCUT2D eigenvalue weighted by Gasteiger charge is 2.42. The van der Waals surface area contributed by atoms with E-state index in [4.69, 9.17) is 0 Å². The Morgan fingerprint density at radius 3 is 2.26 bits per heavy atom. The molecule has 2 atom stereocenters. The third-order valence-corrected chi connectivity index (χ3v) is 7.59. The molecule has 1 unspecified atom stereocenters. The lowest BCUT2D eigenvalue weighted by atomic mass is 9.65. The lowest BCUT2D eigenvalue weighted by Gasteiger charge is -2.46. The van der Waals surface area contributed by atoms with Crippen LogP contribution in [0.3, 0.4) is 0 Å². The highest BCUT2D eigenvalue weighted by Crippen LogP contribution is 2.46. The second-order valence-corrected chi connectivity index (χ2v) is 10.2.